The zero-order valence-corrected chi connectivity index (χ0v) is 18.9. The van der Waals surface area contributed by atoms with Crippen LogP contribution in [0, 0.1) is 0 Å². The monoisotopic (exact) mass is 466 g/mol. The Hall–Kier alpha value is -3.47. The Kier molecular flexibility index (Phi) is 8.92. The quantitative estimate of drug-likeness (QED) is 0.311. The van der Waals surface area contributed by atoms with E-state index in [-0.39, 0.29) is 17.9 Å². The highest BCUT2D eigenvalue weighted by molar-refractivity contribution is 5.79. The molecule has 1 saturated heterocycles. The highest BCUT2D eigenvalue weighted by Gasteiger charge is 2.52. The molecular formula is C22H26O11. The van der Waals surface area contributed by atoms with Crippen LogP contribution in [0.5, 0.6) is 5.75 Å². The molecule has 5 atom stereocenters. The maximum Gasteiger partial charge on any atom is 0.303 e. The van der Waals surface area contributed by atoms with Crippen LogP contribution in [-0.4, -0.2) is 68.3 Å². The molecule has 0 aromatic heterocycles. The lowest BCUT2D eigenvalue weighted by Gasteiger charge is -2.44. The van der Waals surface area contributed by atoms with E-state index in [9.17, 15) is 24.0 Å². The van der Waals surface area contributed by atoms with Gasteiger partial charge in [0.05, 0.1) is 12.7 Å². The zero-order valence-electron chi connectivity index (χ0n) is 18.9. The molecule has 33 heavy (non-hydrogen) atoms. The van der Waals surface area contributed by atoms with Gasteiger partial charge in [0, 0.05) is 27.7 Å². The van der Waals surface area contributed by atoms with Crippen molar-refractivity contribution in [3.8, 4) is 5.75 Å². The smallest absolute Gasteiger partial charge is 0.303 e. The van der Waals surface area contributed by atoms with E-state index in [1.54, 1.807) is 6.07 Å². The number of esters is 4. The summed E-state index contributed by atoms with van der Waals surface area (Å²) in [5.74, 6) is -2.53. The lowest BCUT2D eigenvalue weighted by Crippen LogP contribution is -2.59. The van der Waals surface area contributed by atoms with Gasteiger partial charge in [-0.1, -0.05) is 6.07 Å². The van der Waals surface area contributed by atoms with Crippen LogP contribution in [0.1, 0.15) is 49.7 Å². The number of carbonyl (C=O) groups excluding carboxylic acids is 5. The molecule has 0 spiro atoms. The maximum atomic E-state index is 11.9. The largest absolute Gasteiger partial charge is 0.496 e. The SMILES string of the molecule is COc1cc([C@@H]2O[C@H](COC(C)=O)[C@@H](OC(C)=O)[C@H](OC(C)=O)[C@H]2OC(C)=O)ccc1C=O. The second-order valence-electron chi connectivity index (χ2n) is 7.24. The van der Waals surface area contributed by atoms with Crippen molar-refractivity contribution < 1.29 is 52.4 Å². The summed E-state index contributed by atoms with van der Waals surface area (Å²) in [6.45, 7) is 4.30. The van der Waals surface area contributed by atoms with Gasteiger partial charge in [-0.3, -0.25) is 24.0 Å². The minimum atomic E-state index is -1.29. The fourth-order valence-corrected chi connectivity index (χ4v) is 3.50. The van der Waals surface area contributed by atoms with Crippen LogP contribution in [0.4, 0.5) is 0 Å². The second-order valence-corrected chi connectivity index (χ2v) is 7.24. The standard InChI is InChI=1S/C22H26O11/c1-11(24)29-10-18-20(30-12(2)25)22(32-14(4)27)21(31-13(3)26)19(33-18)15-6-7-16(9-23)17(8-15)28-5/h6-9,18-22H,10H2,1-5H3/t18-,19+,20-,21+,22+/m1/s1. The number of ether oxygens (including phenoxy) is 6. The van der Waals surface area contributed by atoms with E-state index < -0.39 is 54.4 Å². The van der Waals surface area contributed by atoms with Gasteiger partial charge >= 0.3 is 23.9 Å². The molecule has 1 fully saturated rings. The summed E-state index contributed by atoms with van der Waals surface area (Å²) in [6, 6.07) is 4.54. The lowest BCUT2D eigenvalue weighted by atomic mass is 9.90. The van der Waals surface area contributed by atoms with Gasteiger partial charge in [0.2, 0.25) is 0 Å². The summed E-state index contributed by atoms with van der Waals surface area (Å²) < 4.78 is 32.5. The first-order valence-electron chi connectivity index (χ1n) is 10.0. The first kappa shape index (κ1) is 25.8. The van der Waals surface area contributed by atoms with Crippen molar-refractivity contribution in [2.24, 2.45) is 0 Å². The van der Waals surface area contributed by atoms with E-state index in [4.69, 9.17) is 28.4 Å². The predicted molar refractivity (Wildman–Crippen MR) is 109 cm³/mol. The average Bonchev–Trinajstić information content (AvgIpc) is 2.73. The number of rotatable bonds is 8. The second kappa shape index (κ2) is 11.4. The number of methoxy groups -OCH3 is 1. The van der Waals surface area contributed by atoms with Crippen molar-refractivity contribution in [3.63, 3.8) is 0 Å². The van der Waals surface area contributed by atoms with Crippen molar-refractivity contribution >= 4 is 30.2 Å². The fourth-order valence-electron chi connectivity index (χ4n) is 3.50. The number of hydrogen-bond donors (Lipinski definition) is 0. The molecule has 0 bridgehead atoms. The summed E-state index contributed by atoms with van der Waals surface area (Å²) in [4.78, 5) is 58.2. The number of hydrogen-bond acceptors (Lipinski definition) is 11. The molecule has 1 aromatic carbocycles. The molecule has 0 unspecified atom stereocenters. The van der Waals surface area contributed by atoms with E-state index in [0.29, 0.717) is 11.8 Å². The van der Waals surface area contributed by atoms with Crippen LogP contribution in [0.15, 0.2) is 18.2 Å². The Morgan fingerprint density at radius 3 is 1.97 bits per heavy atom. The van der Waals surface area contributed by atoms with Crippen molar-refractivity contribution in [1.82, 2.24) is 0 Å². The van der Waals surface area contributed by atoms with Crippen LogP contribution in [0.25, 0.3) is 0 Å². The van der Waals surface area contributed by atoms with Crippen LogP contribution in [-0.2, 0) is 42.9 Å². The molecule has 1 heterocycles. The molecule has 1 aliphatic heterocycles. The zero-order chi connectivity index (χ0) is 24.7. The van der Waals surface area contributed by atoms with E-state index in [2.05, 4.69) is 0 Å². The van der Waals surface area contributed by atoms with Gasteiger partial charge in [0.1, 0.15) is 24.6 Å². The maximum absolute atomic E-state index is 11.9. The molecule has 0 N–H and O–H groups in total. The molecule has 0 saturated carbocycles. The summed E-state index contributed by atoms with van der Waals surface area (Å²) in [6.07, 6.45) is -5.30. The molecule has 11 heteroatoms. The van der Waals surface area contributed by atoms with Crippen LogP contribution >= 0.6 is 0 Å². The molecular weight excluding hydrogens is 440 g/mol. The molecule has 0 aliphatic carbocycles. The van der Waals surface area contributed by atoms with Crippen LogP contribution < -0.4 is 4.74 Å². The summed E-state index contributed by atoms with van der Waals surface area (Å²) >= 11 is 0. The molecule has 180 valence electrons. The number of aldehydes is 1. The van der Waals surface area contributed by atoms with Gasteiger partial charge in [-0.2, -0.15) is 0 Å². The number of benzene rings is 1. The van der Waals surface area contributed by atoms with Gasteiger partial charge in [-0.15, -0.1) is 0 Å². The molecule has 1 aliphatic rings. The molecule has 2 rings (SSSR count). The van der Waals surface area contributed by atoms with E-state index in [1.807, 2.05) is 0 Å². The third-order valence-electron chi connectivity index (χ3n) is 4.70. The average molecular weight is 466 g/mol. The van der Waals surface area contributed by atoms with Crippen LogP contribution in [0.3, 0.4) is 0 Å². The highest BCUT2D eigenvalue weighted by atomic mass is 16.7. The molecule has 0 radical (unpaired) electrons. The van der Waals surface area contributed by atoms with Crippen molar-refractivity contribution in [1.29, 1.82) is 0 Å². The van der Waals surface area contributed by atoms with Gasteiger partial charge in [-0.25, -0.2) is 0 Å². The Balaban J connectivity index is 2.60. The minimum Gasteiger partial charge on any atom is -0.496 e. The third kappa shape index (κ3) is 6.75. The number of carbonyl (C=O) groups is 5. The van der Waals surface area contributed by atoms with Crippen molar-refractivity contribution in [2.45, 2.75) is 58.2 Å². The third-order valence-corrected chi connectivity index (χ3v) is 4.70. The van der Waals surface area contributed by atoms with E-state index in [0.717, 1.165) is 20.8 Å². The molecule has 0 amide bonds. The first-order valence-corrected chi connectivity index (χ1v) is 10.0. The Bertz CT molecular complexity index is 910. The Morgan fingerprint density at radius 1 is 0.879 bits per heavy atom. The van der Waals surface area contributed by atoms with E-state index in [1.165, 1.54) is 26.2 Å². The highest BCUT2D eigenvalue weighted by Crippen LogP contribution is 2.39. The van der Waals surface area contributed by atoms with Gasteiger partial charge in [0.15, 0.2) is 24.6 Å². The molecule has 1 aromatic rings. The summed E-state index contributed by atoms with van der Waals surface area (Å²) in [7, 11) is 1.37. The van der Waals surface area contributed by atoms with Crippen LogP contribution in [0.2, 0.25) is 0 Å². The minimum absolute atomic E-state index is 0.232. The topological polar surface area (TPSA) is 141 Å². The lowest BCUT2D eigenvalue weighted by molar-refractivity contribution is -0.254. The normalized spacial score (nSPS) is 24.2. The summed E-state index contributed by atoms with van der Waals surface area (Å²) in [5, 5.41) is 0. The Morgan fingerprint density at radius 2 is 1.45 bits per heavy atom. The summed E-state index contributed by atoms with van der Waals surface area (Å²) in [5.41, 5.74) is 0.682. The predicted octanol–water partition coefficient (Wildman–Crippen LogP) is 1.31. The Labute approximate surface area is 190 Å². The fraction of sp³-hybridized carbons (Fsp3) is 0.500. The van der Waals surface area contributed by atoms with Crippen molar-refractivity contribution in [3.05, 3.63) is 29.3 Å². The van der Waals surface area contributed by atoms with Gasteiger partial charge < -0.3 is 28.4 Å². The van der Waals surface area contributed by atoms with E-state index >= 15 is 0 Å². The van der Waals surface area contributed by atoms with Gasteiger partial charge in [0.25, 0.3) is 0 Å². The van der Waals surface area contributed by atoms with Crippen molar-refractivity contribution in [2.75, 3.05) is 13.7 Å². The first-order chi connectivity index (χ1) is 15.6. The molecule has 11 nitrogen and oxygen atoms in total. The van der Waals surface area contributed by atoms with Gasteiger partial charge in [-0.05, 0) is 17.7 Å².